The highest BCUT2D eigenvalue weighted by molar-refractivity contribution is 6.32. The van der Waals surface area contributed by atoms with E-state index >= 15 is 0 Å². The van der Waals surface area contributed by atoms with Crippen LogP contribution in [0.2, 0.25) is 10.0 Å². The summed E-state index contributed by atoms with van der Waals surface area (Å²) in [7, 11) is 0. The minimum absolute atomic E-state index is 0.297. The van der Waals surface area contributed by atoms with E-state index in [0.717, 1.165) is 16.8 Å². The van der Waals surface area contributed by atoms with Crippen LogP contribution < -0.4 is 15.4 Å². The quantitative estimate of drug-likeness (QED) is 0.758. The SMILES string of the molecule is Cc1ccc(Cl)c(OCCNC(=O)Nc2ccc(Cl)cc2C)c1. The molecule has 0 aliphatic heterocycles. The van der Waals surface area contributed by atoms with Crippen molar-refractivity contribution >= 4 is 34.9 Å². The third-order valence-electron chi connectivity index (χ3n) is 3.17. The van der Waals surface area contributed by atoms with Gasteiger partial charge in [0, 0.05) is 10.7 Å². The van der Waals surface area contributed by atoms with Gasteiger partial charge in [0.1, 0.15) is 12.4 Å². The fourth-order valence-electron chi connectivity index (χ4n) is 1.98. The summed E-state index contributed by atoms with van der Waals surface area (Å²) in [6, 6.07) is 10.5. The number of hydrogen-bond donors (Lipinski definition) is 2. The van der Waals surface area contributed by atoms with Crippen LogP contribution in [0.25, 0.3) is 0 Å². The molecule has 0 bridgehead atoms. The molecule has 0 spiro atoms. The van der Waals surface area contributed by atoms with Crippen molar-refractivity contribution in [3.63, 3.8) is 0 Å². The maximum Gasteiger partial charge on any atom is 0.319 e. The maximum absolute atomic E-state index is 11.8. The Morgan fingerprint density at radius 3 is 2.65 bits per heavy atom. The second-order valence-electron chi connectivity index (χ2n) is 5.12. The lowest BCUT2D eigenvalue weighted by Gasteiger charge is -2.11. The standard InChI is InChI=1S/C17H18Cl2N2O2/c1-11-3-5-14(19)16(9-11)23-8-7-20-17(22)21-15-6-4-13(18)10-12(15)2/h3-6,9-10H,7-8H2,1-2H3,(H2,20,21,22). The topological polar surface area (TPSA) is 50.4 Å². The van der Waals surface area contributed by atoms with Crippen molar-refractivity contribution in [2.24, 2.45) is 0 Å². The second-order valence-corrected chi connectivity index (χ2v) is 5.97. The fourth-order valence-corrected chi connectivity index (χ4v) is 2.38. The number of amides is 2. The van der Waals surface area contributed by atoms with Gasteiger partial charge >= 0.3 is 6.03 Å². The molecule has 122 valence electrons. The van der Waals surface area contributed by atoms with Gasteiger partial charge in [-0.05, 0) is 55.3 Å². The van der Waals surface area contributed by atoms with Crippen molar-refractivity contribution < 1.29 is 9.53 Å². The molecule has 0 unspecified atom stereocenters. The summed E-state index contributed by atoms with van der Waals surface area (Å²) in [5, 5.41) is 6.68. The molecule has 0 radical (unpaired) electrons. The monoisotopic (exact) mass is 352 g/mol. The Labute approximate surface area is 145 Å². The van der Waals surface area contributed by atoms with Gasteiger partial charge in [-0.2, -0.15) is 0 Å². The van der Waals surface area contributed by atoms with Crippen molar-refractivity contribution in [2.75, 3.05) is 18.5 Å². The Balaban J connectivity index is 1.77. The number of urea groups is 1. The Kier molecular flexibility index (Phi) is 6.13. The molecule has 2 N–H and O–H groups in total. The summed E-state index contributed by atoms with van der Waals surface area (Å²) < 4.78 is 5.57. The van der Waals surface area contributed by atoms with Gasteiger partial charge in [-0.25, -0.2) is 4.79 Å². The molecule has 23 heavy (non-hydrogen) atoms. The zero-order valence-corrected chi connectivity index (χ0v) is 14.5. The highest BCUT2D eigenvalue weighted by Crippen LogP contribution is 2.25. The Hall–Kier alpha value is -1.91. The van der Waals surface area contributed by atoms with E-state index in [1.165, 1.54) is 0 Å². The summed E-state index contributed by atoms with van der Waals surface area (Å²) in [6.07, 6.45) is 0. The van der Waals surface area contributed by atoms with E-state index in [1.54, 1.807) is 24.3 Å². The number of carbonyl (C=O) groups excluding carboxylic acids is 1. The minimum atomic E-state index is -0.297. The minimum Gasteiger partial charge on any atom is -0.490 e. The lowest BCUT2D eigenvalue weighted by molar-refractivity contribution is 0.247. The molecule has 2 aromatic rings. The lowest BCUT2D eigenvalue weighted by Crippen LogP contribution is -2.32. The Bertz CT molecular complexity index is 705. The van der Waals surface area contributed by atoms with Crippen LogP contribution in [-0.2, 0) is 0 Å². The van der Waals surface area contributed by atoms with Crippen LogP contribution in [0.4, 0.5) is 10.5 Å². The van der Waals surface area contributed by atoms with Gasteiger partial charge in [-0.1, -0.05) is 29.3 Å². The highest BCUT2D eigenvalue weighted by Gasteiger charge is 2.05. The van der Waals surface area contributed by atoms with Crippen molar-refractivity contribution in [2.45, 2.75) is 13.8 Å². The van der Waals surface area contributed by atoms with Crippen LogP contribution in [0.3, 0.4) is 0 Å². The van der Waals surface area contributed by atoms with Gasteiger partial charge in [-0.3, -0.25) is 0 Å². The molecule has 0 aromatic heterocycles. The fraction of sp³-hybridized carbons (Fsp3) is 0.235. The molecule has 0 fully saturated rings. The number of hydrogen-bond acceptors (Lipinski definition) is 2. The maximum atomic E-state index is 11.8. The van der Waals surface area contributed by atoms with E-state index in [0.29, 0.717) is 28.9 Å². The first-order valence-corrected chi connectivity index (χ1v) is 7.91. The molecule has 0 aliphatic carbocycles. The second kappa shape index (κ2) is 8.09. The van der Waals surface area contributed by atoms with Crippen molar-refractivity contribution in [1.82, 2.24) is 5.32 Å². The zero-order chi connectivity index (χ0) is 16.8. The average Bonchev–Trinajstić information content (AvgIpc) is 2.50. The predicted molar refractivity (Wildman–Crippen MR) is 94.9 cm³/mol. The molecule has 0 aliphatic rings. The highest BCUT2D eigenvalue weighted by atomic mass is 35.5. The molecule has 0 heterocycles. The Morgan fingerprint density at radius 1 is 1.13 bits per heavy atom. The number of anilines is 1. The van der Waals surface area contributed by atoms with Crippen LogP contribution in [0.5, 0.6) is 5.75 Å². The lowest BCUT2D eigenvalue weighted by atomic mass is 10.2. The third-order valence-corrected chi connectivity index (χ3v) is 3.72. The van der Waals surface area contributed by atoms with Gasteiger partial charge in [-0.15, -0.1) is 0 Å². The van der Waals surface area contributed by atoms with Crippen LogP contribution in [0.1, 0.15) is 11.1 Å². The number of benzene rings is 2. The molecule has 2 amide bonds. The summed E-state index contributed by atoms with van der Waals surface area (Å²) in [6.45, 7) is 4.53. The van der Waals surface area contributed by atoms with E-state index in [9.17, 15) is 4.79 Å². The van der Waals surface area contributed by atoms with Gasteiger partial charge in [0.25, 0.3) is 0 Å². The van der Waals surface area contributed by atoms with Crippen LogP contribution >= 0.6 is 23.2 Å². The van der Waals surface area contributed by atoms with Crippen LogP contribution in [0, 0.1) is 13.8 Å². The molecule has 2 rings (SSSR count). The van der Waals surface area contributed by atoms with E-state index in [2.05, 4.69) is 10.6 Å². The van der Waals surface area contributed by atoms with Crippen molar-refractivity contribution in [3.05, 3.63) is 57.6 Å². The first kappa shape index (κ1) is 17.4. The predicted octanol–water partition coefficient (Wildman–Crippen LogP) is 4.81. The molecule has 4 nitrogen and oxygen atoms in total. The number of halogens is 2. The van der Waals surface area contributed by atoms with Crippen LogP contribution in [-0.4, -0.2) is 19.2 Å². The molecule has 0 saturated heterocycles. The molecule has 0 atom stereocenters. The molecular weight excluding hydrogens is 335 g/mol. The normalized spacial score (nSPS) is 10.3. The van der Waals surface area contributed by atoms with E-state index < -0.39 is 0 Å². The van der Waals surface area contributed by atoms with Gasteiger partial charge in [0.05, 0.1) is 11.6 Å². The molecule has 6 heteroatoms. The number of ether oxygens (including phenoxy) is 1. The van der Waals surface area contributed by atoms with Gasteiger partial charge in [0.15, 0.2) is 0 Å². The third kappa shape index (κ3) is 5.34. The number of rotatable bonds is 5. The van der Waals surface area contributed by atoms with Gasteiger partial charge in [0.2, 0.25) is 0 Å². The molecule has 0 saturated carbocycles. The summed E-state index contributed by atoms with van der Waals surface area (Å²) in [5.41, 5.74) is 2.68. The zero-order valence-electron chi connectivity index (χ0n) is 13.0. The summed E-state index contributed by atoms with van der Waals surface area (Å²) >= 11 is 11.9. The number of carbonyl (C=O) groups is 1. The summed E-state index contributed by atoms with van der Waals surface area (Å²) in [5.74, 6) is 0.613. The van der Waals surface area contributed by atoms with Crippen LogP contribution in [0.15, 0.2) is 36.4 Å². The first-order chi connectivity index (χ1) is 11.0. The molecular formula is C17H18Cl2N2O2. The summed E-state index contributed by atoms with van der Waals surface area (Å²) in [4.78, 5) is 11.8. The molecule has 2 aromatic carbocycles. The Morgan fingerprint density at radius 2 is 1.91 bits per heavy atom. The first-order valence-electron chi connectivity index (χ1n) is 7.15. The average molecular weight is 353 g/mol. The smallest absolute Gasteiger partial charge is 0.319 e. The van der Waals surface area contributed by atoms with E-state index in [-0.39, 0.29) is 6.03 Å². The van der Waals surface area contributed by atoms with Crippen molar-refractivity contribution in [3.8, 4) is 5.75 Å². The van der Waals surface area contributed by atoms with E-state index in [1.807, 2.05) is 26.0 Å². The van der Waals surface area contributed by atoms with E-state index in [4.69, 9.17) is 27.9 Å². The number of aryl methyl sites for hydroxylation is 2. The van der Waals surface area contributed by atoms with Gasteiger partial charge < -0.3 is 15.4 Å². The van der Waals surface area contributed by atoms with Crippen molar-refractivity contribution in [1.29, 1.82) is 0 Å². The largest absolute Gasteiger partial charge is 0.490 e. The number of nitrogens with one attached hydrogen (secondary N) is 2.